The van der Waals surface area contributed by atoms with Gasteiger partial charge in [-0.15, -0.1) is 11.3 Å². The van der Waals surface area contributed by atoms with Gasteiger partial charge in [-0.2, -0.15) is 9.78 Å². The van der Waals surface area contributed by atoms with Crippen LogP contribution in [0.2, 0.25) is 0 Å². The van der Waals surface area contributed by atoms with E-state index in [9.17, 15) is 28.9 Å². The minimum atomic E-state index is -0.799. The van der Waals surface area contributed by atoms with Gasteiger partial charge in [-0.25, -0.2) is 9.18 Å². The molecule has 1 amide bonds. The van der Waals surface area contributed by atoms with Crippen LogP contribution in [0.3, 0.4) is 0 Å². The summed E-state index contributed by atoms with van der Waals surface area (Å²) in [6.45, 7) is 1.66. The number of nitrogens with one attached hydrogen (secondary N) is 1. The van der Waals surface area contributed by atoms with Crippen LogP contribution in [0, 0.1) is 15.9 Å². The van der Waals surface area contributed by atoms with Crippen LogP contribution in [0.5, 0.6) is 0 Å². The van der Waals surface area contributed by atoms with Crippen molar-refractivity contribution in [1.82, 2.24) is 9.78 Å². The number of nitrogens with zero attached hydrogens (tertiary/aromatic N) is 3. The molecule has 2 aromatic carbocycles. The number of non-ortho nitro benzene ring substituents is 1. The molecule has 4 rings (SSSR count). The second-order valence-corrected chi connectivity index (χ2v) is 7.76. The van der Waals surface area contributed by atoms with Gasteiger partial charge >= 0.3 is 5.97 Å². The monoisotopic (exact) mass is 482 g/mol. The number of carbonyl (C=O) groups is 2. The fourth-order valence-electron chi connectivity index (χ4n) is 3.21. The number of amides is 1. The number of thiophene rings is 1. The van der Waals surface area contributed by atoms with E-state index in [-0.39, 0.29) is 45.0 Å². The van der Waals surface area contributed by atoms with Crippen molar-refractivity contribution in [2.24, 2.45) is 0 Å². The Kier molecular flexibility index (Phi) is 6.15. The lowest BCUT2D eigenvalue weighted by Gasteiger charge is -2.10. The zero-order chi connectivity index (χ0) is 24.4. The highest BCUT2D eigenvalue weighted by Crippen LogP contribution is 2.31. The predicted molar refractivity (Wildman–Crippen MR) is 122 cm³/mol. The number of hydrogen-bond donors (Lipinski definition) is 1. The van der Waals surface area contributed by atoms with E-state index in [1.165, 1.54) is 41.8 Å². The molecular weight excluding hydrogens is 467 g/mol. The molecule has 34 heavy (non-hydrogen) atoms. The maximum atomic E-state index is 13.8. The minimum absolute atomic E-state index is 0.000813. The molecule has 1 N–H and O–H groups in total. The molecule has 0 radical (unpaired) electrons. The van der Waals surface area contributed by atoms with Gasteiger partial charge in [0.15, 0.2) is 5.69 Å². The van der Waals surface area contributed by atoms with Crippen LogP contribution in [0.15, 0.2) is 58.7 Å². The zero-order valence-electron chi connectivity index (χ0n) is 17.5. The van der Waals surface area contributed by atoms with Crippen LogP contribution in [-0.4, -0.2) is 33.2 Å². The third-order valence-corrected chi connectivity index (χ3v) is 5.62. The number of anilines is 1. The molecule has 172 valence electrons. The first-order valence-electron chi connectivity index (χ1n) is 9.83. The Bertz CT molecular complexity index is 1510. The van der Waals surface area contributed by atoms with E-state index in [1.54, 1.807) is 6.92 Å². The van der Waals surface area contributed by atoms with Crippen molar-refractivity contribution in [3.8, 4) is 5.69 Å². The number of nitro benzene ring substituents is 1. The highest BCUT2D eigenvalue weighted by molar-refractivity contribution is 7.16. The highest BCUT2D eigenvalue weighted by Gasteiger charge is 2.24. The Labute approximate surface area is 194 Å². The maximum Gasteiger partial charge on any atom is 0.359 e. The van der Waals surface area contributed by atoms with Gasteiger partial charge in [0.05, 0.1) is 22.6 Å². The van der Waals surface area contributed by atoms with E-state index < -0.39 is 28.2 Å². The summed E-state index contributed by atoms with van der Waals surface area (Å²) < 4.78 is 19.7. The van der Waals surface area contributed by atoms with Crippen molar-refractivity contribution < 1.29 is 23.6 Å². The van der Waals surface area contributed by atoms with Gasteiger partial charge in [-0.05, 0) is 31.2 Å². The summed E-state index contributed by atoms with van der Waals surface area (Å²) in [6.07, 6.45) is 0. The summed E-state index contributed by atoms with van der Waals surface area (Å²) in [6, 6.07) is 10.2. The third kappa shape index (κ3) is 4.26. The highest BCUT2D eigenvalue weighted by atomic mass is 32.1. The second-order valence-electron chi connectivity index (χ2n) is 6.88. The van der Waals surface area contributed by atoms with E-state index in [0.717, 1.165) is 28.2 Å². The van der Waals surface area contributed by atoms with Gasteiger partial charge in [0, 0.05) is 28.5 Å². The summed E-state index contributed by atoms with van der Waals surface area (Å²) in [5, 5.41) is 19.3. The Balaban J connectivity index is 1.86. The topological polar surface area (TPSA) is 133 Å². The summed E-state index contributed by atoms with van der Waals surface area (Å²) in [5.74, 6) is -2.11. The number of esters is 1. The number of ether oxygens (including phenoxy) is 1. The lowest BCUT2D eigenvalue weighted by atomic mass is 10.2. The molecule has 0 aliphatic heterocycles. The number of fused-ring (bicyclic) bond motifs is 1. The van der Waals surface area contributed by atoms with Crippen molar-refractivity contribution in [2.45, 2.75) is 6.92 Å². The molecule has 0 saturated carbocycles. The molecule has 0 bridgehead atoms. The summed E-state index contributed by atoms with van der Waals surface area (Å²) in [5.41, 5.74) is -1.09. The van der Waals surface area contributed by atoms with E-state index in [0.29, 0.717) is 0 Å². The first-order valence-corrected chi connectivity index (χ1v) is 10.7. The van der Waals surface area contributed by atoms with Gasteiger partial charge in [0.2, 0.25) is 0 Å². The number of halogens is 1. The van der Waals surface area contributed by atoms with E-state index >= 15 is 0 Å². The molecule has 10 nitrogen and oxygen atoms in total. The average molecular weight is 482 g/mol. The third-order valence-electron chi connectivity index (χ3n) is 4.72. The van der Waals surface area contributed by atoms with Crippen molar-refractivity contribution in [1.29, 1.82) is 0 Å². The molecule has 2 heterocycles. The number of hydrogen-bond acceptors (Lipinski definition) is 8. The van der Waals surface area contributed by atoms with Crippen molar-refractivity contribution >= 4 is 44.7 Å². The molecule has 12 heteroatoms. The SMILES string of the molecule is CCOC(=O)c1nn(-c2cccc(F)c2)c(=O)c2c(NC(=O)c3cccc([N+](=O)[O-])c3)scc12. The Morgan fingerprint density at radius 1 is 1.24 bits per heavy atom. The van der Waals surface area contributed by atoms with Gasteiger partial charge in [0.25, 0.3) is 17.2 Å². The predicted octanol–water partition coefficient (Wildman–Crippen LogP) is 3.92. The average Bonchev–Trinajstić information content (AvgIpc) is 3.23. The maximum absolute atomic E-state index is 13.8. The number of aromatic nitrogens is 2. The normalized spacial score (nSPS) is 10.8. The fourth-order valence-corrected chi connectivity index (χ4v) is 4.14. The molecule has 2 aromatic heterocycles. The number of nitro groups is 1. The molecule has 0 fully saturated rings. The summed E-state index contributed by atoms with van der Waals surface area (Å²) in [7, 11) is 0. The molecule has 0 atom stereocenters. The molecule has 0 unspecified atom stereocenters. The van der Waals surface area contributed by atoms with E-state index in [2.05, 4.69) is 10.4 Å². The van der Waals surface area contributed by atoms with E-state index in [1.807, 2.05) is 0 Å². The second kappa shape index (κ2) is 9.19. The number of rotatable bonds is 6. The quantitative estimate of drug-likeness (QED) is 0.250. The first kappa shape index (κ1) is 22.7. The first-order chi connectivity index (χ1) is 16.3. The lowest BCUT2D eigenvalue weighted by molar-refractivity contribution is -0.384. The molecule has 4 aromatic rings. The van der Waals surface area contributed by atoms with Crippen LogP contribution in [0.4, 0.5) is 15.1 Å². The lowest BCUT2D eigenvalue weighted by Crippen LogP contribution is -2.25. The molecule has 0 aliphatic rings. The Hall–Kier alpha value is -4.45. The van der Waals surface area contributed by atoms with Crippen molar-refractivity contribution in [3.63, 3.8) is 0 Å². The van der Waals surface area contributed by atoms with Gasteiger partial charge < -0.3 is 10.1 Å². The van der Waals surface area contributed by atoms with Gasteiger partial charge in [-0.1, -0.05) is 12.1 Å². The summed E-state index contributed by atoms with van der Waals surface area (Å²) in [4.78, 5) is 49.0. The van der Waals surface area contributed by atoms with Crippen LogP contribution in [-0.2, 0) is 4.74 Å². The van der Waals surface area contributed by atoms with Crippen molar-refractivity contribution in [3.05, 3.63) is 91.5 Å². The summed E-state index contributed by atoms with van der Waals surface area (Å²) >= 11 is 0.966. The largest absolute Gasteiger partial charge is 0.461 e. The smallest absolute Gasteiger partial charge is 0.359 e. The Morgan fingerprint density at radius 2 is 2.00 bits per heavy atom. The van der Waals surface area contributed by atoms with Crippen LogP contribution in [0.1, 0.15) is 27.8 Å². The molecule has 0 spiro atoms. The number of benzene rings is 2. The minimum Gasteiger partial charge on any atom is -0.461 e. The van der Waals surface area contributed by atoms with Crippen LogP contribution < -0.4 is 10.9 Å². The van der Waals surface area contributed by atoms with Crippen molar-refractivity contribution in [2.75, 3.05) is 11.9 Å². The molecule has 0 saturated heterocycles. The van der Waals surface area contributed by atoms with E-state index in [4.69, 9.17) is 4.74 Å². The van der Waals surface area contributed by atoms with Crippen LogP contribution >= 0.6 is 11.3 Å². The fraction of sp³-hybridized carbons (Fsp3) is 0.0909. The van der Waals surface area contributed by atoms with Gasteiger partial charge in [0.1, 0.15) is 10.8 Å². The standard InChI is InChI=1S/C22H15FN4O6S/c1-2-33-22(30)18-16-11-34-20(24-19(28)12-5-3-8-15(9-12)27(31)32)17(16)21(29)26(25-18)14-7-4-6-13(23)10-14/h3-11H,2H2,1H3,(H,24,28). The number of carbonyl (C=O) groups excluding carboxylic acids is 2. The molecular formula is C22H15FN4O6S. The van der Waals surface area contributed by atoms with Gasteiger partial charge in [-0.3, -0.25) is 19.7 Å². The zero-order valence-corrected chi connectivity index (χ0v) is 18.3. The van der Waals surface area contributed by atoms with Crippen LogP contribution in [0.25, 0.3) is 16.5 Å². The Morgan fingerprint density at radius 3 is 2.71 bits per heavy atom. The molecule has 0 aliphatic carbocycles.